The summed E-state index contributed by atoms with van der Waals surface area (Å²) in [4.78, 5) is 11.5. The van der Waals surface area contributed by atoms with E-state index in [-0.39, 0.29) is 29.0 Å². The number of amides is 1. The lowest BCUT2D eigenvalue weighted by Crippen LogP contribution is -2.63. The van der Waals surface area contributed by atoms with E-state index < -0.39 is 8.32 Å². The van der Waals surface area contributed by atoms with Crippen molar-refractivity contribution in [3.8, 4) is 12.3 Å². The van der Waals surface area contributed by atoms with Gasteiger partial charge in [0.25, 0.3) is 0 Å². The first-order valence-corrected chi connectivity index (χ1v) is 8.95. The van der Waals surface area contributed by atoms with Gasteiger partial charge in [-0.2, -0.15) is 0 Å². The van der Waals surface area contributed by atoms with Crippen molar-refractivity contribution in [3.05, 3.63) is 0 Å². The van der Waals surface area contributed by atoms with Crippen LogP contribution in [-0.4, -0.2) is 26.4 Å². The Morgan fingerprint density at radius 1 is 1.47 bits per heavy atom. The molecule has 0 saturated carbocycles. The molecule has 17 heavy (non-hydrogen) atoms. The summed E-state index contributed by atoms with van der Waals surface area (Å²) in [5.74, 6) is 2.42. The summed E-state index contributed by atoms with van der Waals surface area (Å²) in [6.07, 6.45) is 5.26. The monoisotopic (exact) mass is 253 g/mol. The lowest BCUT2D eigenvalue weighted by atomic mass is 9.87. The third kappa shape index (κ3) is 2.72. The van der Waals surface area contributed by atoms with Gasteiger partial charge in [-0.25, -0.2) is 0 Å². The molecule has 1 amide bonds. The summed E-state index contributed by atoms with van der Waals surface area (Å²) in [7, 11) is -1.83. The minimum atomic E-state index is -1.83. The minimum absolute atomic E-state index is 0.0131. The number of β-lactam (4-membered cyclic amide) rings is 1. The topological polar surface area (TPSA) is 38.3 Å². The lowest BCUT2D eigenvalue weighted by molar-refractivity contribution is -0.137. The van der Waals surface area contributed by atoms with Crippen molar-refractivity contribution in [1.82, 2.24) is 5.32 Å². The number of hydrogen-bond donors (Lipinski definition) is 1. The van der Waals surface area contributed by atoms with E-state index in [0.717, 1.165) is 0 Å². The van der Waals surface area contributed by atoms with Crippen molar-refractivity contribution >= 4 is 14.2 Å². The van der Waals surface area contributed by atoms with Gasteiger partial charge in [0.05, 0.1) is 12.0 Å². The zero-order chi connectivity index (χ0) is 13.4. The molecule has 1 heterocycles. The molecule has 4 heteroatoms. The molecule has 0 aromatic heterocycles. The molecule has 0 bridgehead atoms. The Bertz CT molecular complexity index is 351. The molecule has 0 aromatic rings. The summed E-state index contributed by atoms with van der Waals surface area (Å²) >= 11 is 0. The highest BCUT2D eigenvalue weighted by molar-refractivity contribution is 6.74. The first-order valence-electron chi connectivity index (χ1n) is 6.04. The maximum absolute atomic E-state index is 11.5. The first-order chi connectivity index (χ1) is 7.60. The number of terminal acetylenes is 1. The summed E-state index contributed by atoms with van der Waals surface area (Å²) in [6.45, 7) is 12.9. The van der Waals surface area contributed by atoms with Crippen molar-refractivity contribution in [3.63, 3.8) is 0 Å². The smallest absolute Gasteiger partial charge is 0.229 e. The minimum Gasteiger partial charge on any atom is -0.413 e. The van der Waals surface area contributed by atoms with Crippen molar-refractivity contribution in [2.75, 3.05) is 0 Å². The molecule has 3 nitrogen and oxygen atoms in total. The van der Waals surface area contributed by atoms with Crippen LogP contribution in [0.1, 0.15) is 27.7 Å². The number of carbonyl (C=O) groups excluding carboxylic acids is 1. The number of rotatable bonds is 3. The zero-order valence-corrected chi connectivity index (χ0v) is 12.6. The summed E-state index contributed by atoms with van der Waals surface area (Å²) in [5.41, 5.74) is 0. The predicted octanol–water partition coefficient (Wildman–Crippen LogP) is 2.14. The maximum Gasteiger partial charge on any atom is 0.229 e. The Hall–Kier alpha value is -0.793. The van der Waals surface area contributed by atoms with Crippen molar-refractivity contribution < 1.29 is 9.22 Å². The van der Waals surface area contributed by atoms with Crippen LogP contribution in [0.5, 0.6) is 0 Å². The molecule has 3 atom stereocenters. The van der Waals surface area contributed by atoms with Crippen LogP contribution < -0.4 is 5.32 Å². The second kappa shape index (κ2) is 4.47. The molecule has 1 aliphatic heterocycles. The van der Waals surface area contributed by atoms with Crippen LogP contribution in [0, 0.1) is 18.3 Å². The Kier molecular flexibility index (Phi) is 3.75. The van der Waals surface area contributed by atoms with E-state index in [1.54, 1.807) is 0 Å². The molecule has 1 fully saturated rings. The second-order valence-corrected chi connectivity index (χ2v) is 11.0. The Morgan fingerprint density at radius 2 is 2.00 bits per heavy atom. The third-order valence-electron chi connectivity index (χ3n) is 3.93. The van der Waals surface area contributed by atoms with Crippen LogP contribution in [0.3, 0.4) is 0 Å². The summed E-state index contributed by atoms with van der Waals surface area (Å²) < 4.78 is 6.19. The molecule has 1 saturated heterocycles. The SMILES string of the molecule is C#C[C@H]1NC(=O)C1[C@@H](C)O[Si](C)(C)C(C)(C)C. The van der Waals surface area contributed by atoms with Gasteiger partial charge in [0.1, 0.15) is 6.04 Å². The molecule has 0 aliphatic carbocycles. The Balaban J connectivity index is 2.70. The van der Waals surface area contributed by atoms with E-state index in [0.29, 0.717) is 0 Å². The fraction of sp³-hybridized carbons (Fsp3) is 0.769. The van der Waals surface area contributed by atoms with E-state index in [1.807, 2.05) is 6.92 Å². The number of carbonyl (C=O) groups is 1. The average molecular weight is 253 g/mol. The van der Waals surface area contributed by atoms with Crippen LogP contribution in [0.25, 0.3) is 0 Å². The summed E-state index contributed by atoms with van der Waals surface area (Å²) in [6, 6.07) is -0.165. The fourth-order valence-corrected chi connectivity index (χ4v) is 3.17. The fourth-order valence-electron chi connectivity index (χ4n) is 1.74. The molecule has 1 rings (SSSR count). The number of nitrogens with one attached hydrogen (secondary N) is 1. The van der Waals surface area contributed by atoms with Gasteiger partial charge in [0, 0.05) is 0 Å². The van der Waals surface area contributed by atoms with Crippen molar-refractivity contribution in [1.29, 1.82) is 0 Å². The highest BCUT2D eigenvalue weighted by atomic mass is 28.4. The van der Waals surface area contributed by atoms with Gasteiger partial charge in [-0.05, 0) is 25.1 Å². The molecule has 0 spiro atoms. The lowest BCUT2D eigenvalue weighted by Gasteiger charge is -2.43. The van der Waals surface area contributed by atoms with Gasteiger partial charge >= 0.3 is 0 Å². The molecule has 96 valence electrons. The van der Waals surface area contributed by atoms with Gasteiger partial charge in [-0.1, -0.05) is 26.7 Å². The van der Waals surface area contributed by atoms with Crippen molar-refractivity contribution in [2.24, 2.45) is 5.92 Å². The standard InChI is InChI=1S/C13H23NO2Si/c1-8-10-11(12(15)14-10)9(2)16-17(6,7)13(3,4)5/h1,9-11H,2-7H3,(H,14,15)/t9-,10-,11?/m1/s1. The van der Waals surface area contributed by atoms with Crippen LogP contribution in [0.4, 0.5) is 0 Å². The molecule has 0 aromatic carbocycles. The van der Waals surface area contributed by atoms with Crippen molar-refractivity contribution in [2.45, 2.75) is 58.0 Å². The highest BCUT2D eigenvalue weighted by Crippen LogP contribution is 2.38. The average Bonchev–Trinajstić information content (AvgIpc) is 2.10. The predicted molar refractivity (Wildman–Crippen MR) is 72.0 cm³/mol. The second-order valence-electron chi connectivity index (χ2n) is 6.26. The maximum atomic E-state index is 11.5. The Morgan fingerprint density at radius 3 is 2.35 bits per heavy atom. The number of hydrogen-bond acceptors (Lipinski definition) is 2. The van der Waals surface area contributed by atoms with E-state index in [4.69, 9.17) is 10.8 Å². The van der Waals surface area contributed by atoms with Gasteiger partial charge in [0.2, 0.25) is 5.91 Å². The highest BCUT2D eigenvalue weighted by Gasteiger charge is 2.46. The largest absolute Gasteiger partial charge is 0.413 e. The van der Waals surface area contributed by atoms with Gasteiger partial charge in [0.15, 0.2) is 8.32 Å². The van der Waals surface area contributed by atoms with E-state index in [1.165, 1.54) is 0 Å². The zero-order valence-electron chi connectivity index (χ0n) is 11.6. The van der Waals surface area contributed by atoms with Crippen LogP contribution in [-0.2, 0) is 9.22 Å². The van der Waals surface area contributed by atoms with Gasteiger partial charge in [-0.3, -0.25) is 4.79 Å². The third-order valence-corrected chi connectivity index (χ3v) is 8.51. The van der Waals surface area contributed by atoms with Gasteiger partial charge in [-0.15, -0.1) is 6.42 Å². The van der Waals surface area contributed by atoms with E-state index in [9.17, 15) is 4.79 Å². The normalized spacial score (nSPS) is 26.8. The molecule has 1 N–H and O–H groups in total. The van der Waals surface area contributed by atoms with Crippen LogP contribution in [0.15, 0.2) is 0 Å². The quantitative estimate of drug-likeness (QED) is 0.475. The van der Waals surface area contributed by atoms with E-state index in [2.05, 4.69) is 45.1 Å². The van der Waals surface area contributed by atoms with E-state index >= 15 is 0 Å². The van der Waals surface area contributed by atoms with Crippen LogP contribution >= 0.6 is 0 Å². The molecule has 0 radical (unpaired) electrons. The Labute approximate surface area is 105 Å². The molecule has 1 unspecified atom stereocenters. The first kappa shape index (κ1) is 14.3. The molecular formula is C13H23NO2Si. The molecular weight excluding hydrogens is 230 g/mol. The summed E-state index contributed by atoms with van der Waals surface area (Å²) in [5, 5.41) is 2.85. The van der Waals surface area contributed by atoms with Crippen LogP contribution in [0.2, 0.25) is 18.1 Å². The van der Waals surface area contributed by atoms with Gasteiger partial charge < -0.3 is 9.74 Å². The molecule has 1 aliphatic rings.